The number of pyridine rings is 1. The molecule has 0 spiro atoms. The number of hydrogen-bond acceptors (Lipinski definition) is 6. The highest BCUT2D eigenvalue weighted by Gasteiger charge is 2.22. The molecule has 47 heavy (non-hydrogen) atoms. The number of carbonyl (C=O) groups excluding carboxylic acids is 2. The lowest BCUT2D eigenvalue weighted by Gasteiger charge is -2.16. The highest BCUT2D eigenvalue weighted by Crippen LogP contribution is 2.34. The summed E-state index contributed by atoms with van der Waals surface area (Å²) in [6.07, 6.45) is 6.66. The molecule has 1 aliphatic rings. The van der Waals surface area contributed by atoms with Crippen molar-refractivity contribution in [2.45, 2.75) is 58.1 Å². The van der Waals surface area contributed by atoms with Crippen LogP contribution in [-0.2, 0) is 32.2 Å². The van der Waals surface area contributed by atoms with E-state index in [1.807, 2.05) is 29.0 Å². The maximum Gasteiger partial charge on any atom is 0.309 e. The third kappa shape index (κ3) is 8.40. The molecule has 2 bridgehead atoms. The molecular formula is C35H37ClF2N4O4Si. The van der Waals surface area contributed by atoms with Crippen LogP contribution in [-0.4, -0.2) is 48.2 Å². The number of esters is 1. The largest absolute Gasteiger partial charge is 0.469 e. The fourth-order valence-electron chi connectivity index (χ4n) is 5.19. The van der Waals surface area contributed by atoms with Gasteiger partial charge in [0.2, 0.25) is 5.91 Å². The Kier molecular flexibility index (Phi) is 10.7. The average Bonchev–Trinajstić information content (AvgIpc) is 3.44. The first-order valence-electron chi connectivity index (χ1n) is 15.4. The molecule has 4 aromatic rings. The summed E-state index contributed by atoms with van der Waals surface area (Å²) < 4.78 is 42.3. The maximum atomic E-state index is 14.8. The van der Waals surface area contributed by atoms with Crippen LogP contribution in [0.3, 0.4) is 0 Å². The number of rotatable bonds is 9. The van der Waals surface area contributed by atoms with E-state index >= 15 is 0 Å². The van der Waals surface area contributed by atoms with Crippen molar-refractivity contribution in [2.24, 2.45) is 0 Å². The van der Waals surface area contributed by atoms with Crippen LogP contribution in [0.25, 0.3) is 28.0 Å². The number of imidazole rings is 1. The summed E-state index contributed by atoms with van der Waals surface area (Å²) in [4.78, 5) is 34.6. The molecule has 1 amide bonds. The zero-order chi connectivity index (χ0) is 33.7. The Morgan fingerprint density at radius 1 is 1.11 bits per heavy atom. The van der Waals surface area contributed by atoms with Crippen molar-refractivity contribution in [3.63, 3.8) is 0 Å². The van der Waals surface area contributed by atoms with Gasteiger partial charge < -0.3 is 19.4 Å². The first-order valence-corrected chi connectivity index (χ1v) is 19.5. The average molecular weight is 679 g/mol. The number of halogens is 3. The van der Waals surface area contributed by atoms with Crippen molar-refractivity contribution in [3.8, 4) is 22.4 Å². The van der Waals surface area contributed by atoms with Gasteiger partial charge in [-0.15, -0.1) is 0 Å². The molecule has 0 atom stereocenters. The monoisotopic (exact) mass is 678 g/mol. The summed E-state index contributed by atoms with van der Waals surface area (Å²) in [5.41, 5.74) is 3.69. The fraction of sp³-hybridized carbons (Fsp3) is 0.314. The van der Waals surface area contributed by atoms with Crippen molar-refractivity contribution < 1.29 is 27.8 Å². The summed E-state index contributed by atoms with van der Waals surface area (Å²) in [5, 5.41) is 2.82. The van der Waals surface area contributed by atoms with Gasteiger partial charge in [0.05, 0.1) is 41.2 Å². The number of ether oxygens (including phenoxy) is 2. The second kappa shape index (κ2) is 14.7. The lowest BCUT2D eigenvalue weighted by molar-refractivity contribution is -0.139. The van der Waals surface area contributed by atoms with Crippen LogP contribution >= 0.6 is 11.6 Å². The molecule has 0 fully saturated rings. The number of hydrogen-bond donors (Lipinski definition) is 1. The minimum atomic E-state index is -1.33. The lowest BCUT2D eigenvalue weighted by Crippen LogP contribution is -2.22. The Morgan fingerprint density at radius 3 is 2.64 bits per heavy atom. The third-order valence-corrected chi connectivity index (χ3v) is 9.78. The smallest absolute Gasteiger partial charge is 0.309 e. The molecule has 8 nitrogen and oxygen atoms in total. The van der Waals surface area contributed by atoms with Gasteiger partial charge in [0, 0.05) is 50.2 Å². The van der Waals surface area contributed by atoms with E-state index in [-0.39, 0.29) is 47.6 Å². The zero-order valence-corrected chi connectivity index (χ0v) is 28.6. The second-order valence-corrected chi connectivity index (χ2v) is 18.6. The molecule has 1 N–H and O–H groups in total. The van der Waals surface area contributed by atoms with Crippen molar-refractivity contribution in [1.82, 2.24) is 14.5 Å². The molecule has 0 radical (unpaired) electrons. The molecule has 5 rings (SSSR count). The van der Waals surface area contributed by atoms with Gasteiger partial charge in [-0.25, -0.2) is 13.8 Å². The minimum Gasteiger partial charge on any atom is -0.469 e. The van der Waals surface area contributed by atoms with Crippen molar-refractivity contribution >= 4 is 42.8 Å². The lowest BCUT2D eigenvalue weighted by atomic mass is 10.0. The molecule has 2 aromatic heterocycles. The summed E-state index contributed by atoms with van der Waals surface area (Å²) >= 11 is 5.94. The molecule has 246 valence electrons. The van der Waals surface area contributed by atoms with E-state index in [4.69, 9.17) is 26.1 Å². The third-order valence-electron chi connectivity index (χ3n) is 7.78. The predicted molar refractivity (Wildman–Crippen MR) is 182 cm³/mol. The molecule has 12 heteroatoms. The number of allylic oxidation sites excluding steroid dienone is 1. The summed E-state index contributed by atoms with van der Waals surface area (Å²) in [6.45, 7) is 7.68. The summed E-state index contributed by atoms with van der Waals surface area (Å²) in [7, 11) is 0.000670. The maximum absolute atomic E-state index is 14.8. The van der Waals surface area contributed by atoms with E-state index in [0.29, 0.717) is 59.0 Å². The van der Waals surface area contributed by atoms with Crippen LogP contribution < -0.4 is 5.32 Å². The van der Waals surface area contributed by atoms with Crippen molar-refractivity contribution in [3.05, 3.63) is 94.7 Å². The van der Waals surface area contributed by atoms with Gasteiger partial charge in [-0.1, -0.05) is 55.5 Å². The van der Waals surface area contributed by atoms with Gasteiger partial charge >= 0.3 is 5.97 Å². The number of methoxy groups -OCH3 is 1. The molecule has 3 heterocycles. The van der Waals surface area contributed by atoms with E-state index in [1.54, 1.807) is 18.2 Å². The molecule has 0 saturated heterocycles. The van der Waals surface area contributed by atoms with Crippen LogP contribution in [0.2, 0.25) is 30.7 Å². The molecule has 2 aromatic carbocycles. The first kappa shape index (κ1) is 34.1. The highest BCUT2D eigenvalue weighted by atomic mass is 35.5. The van der Waals surface area contributed by atoms with E-state index < -0.39 is 19.7 Å². The number of carbonyl (C=O) groups is 2. The minimum absolute atomic E-state index is 0.0573. The Labute approximate surface area is 278 Å². The Hall–Kier alpha value is -4.19. The highest BCUT2D eigenvalue weighted by molar-refractivity contribution is 6.76. The Balaban J connectivity index is 1.59. The number of aromatic nitrogens is 3. The second-order valence-electron chi connectivity index (χ2n) is 12.6. The Morgan fingerprint density at radius 2 is 1.91 bits per heavy atom. The summed E-state index contributed by atoms with van der Waals surface area (Å²) in [5.74, 6) is -1.56. The standard InChI is InChI=1S/C35H37ClF2N4O4Si/c1-45-32(44)18-22-9-11-24-29(17-22)40-31(43)8-6-5-7-25(35-41-30(24)20-42(35)21-46-15-16-47(2,3)4)28-14-10-23(19-39-28)33-27(37)13-12-26(36)34(33)38/h7,9-14,17,19-20H,5-6,8,15-16,18,21H2,1-4H3,(H,40,43). The zero-order valence-electron chi connectivity index (χ0n) is 26.8. The quantitative estimate of drug-likeness (QED) is 0.0832. The fourth-order valence-corrected chi connectivity index (χ4v) is 6.11. The van der Waals surface area contributed by atoms with Crippen LogP contribution in [0.1, 0.15) is 36.3 Å². The van der Waals surface area contributed by atoms with Crippen LogP contribution in [0, 0.1) is 11.6 Å². The number of fused-ring (bicyclic) bond motifs is 4. The van der Waals surface area contributed by atoms with E-state index in [9.17, 15) is 18.4 Å². The number of amides is 1. The van der Waals surface area contributed by atoms with E-state index in [2.05, 4.69) is 29.9 Å². The van der Waals surface area contributed by atoms with Gasteiger partial charge in [0.25, 0.3) is 0 Å². The van der Waals surface area contributed by atoms with Crippen LogP contribution in [0.5, 0.6) is 0 Å². The van der Waals surface area contributed by atoms with Crippen molar-refractivity contribution in [1.29, 1.82) is 0 Å². The molecule has 0 aliphatic carbocycles. The molecule has 0 unspecified atom stereocenters. The van der Waals surface area contributed by atoms with Gasteiger partial charge in [-0.3, -0.25) is 14.6 Å². The molecule has 1 aliphatic heterocycles. The van der Waals surface area contributed by atoms with Gasteiger partial charge in [-0.2, -0.15) is 0 Å². The number of anilines is 1. The first-order chi connectivity index (χ1) is 22.4. The molecule has 0 saturated carbocycles. The number of nitrogens with one attached hydrogen (secondary N) is 1. The number of nitrogens with zero attached hydrogens (tertiary/aromatic N) is 3. The molecular weight excluding hydrogens is 642 g/mol. The van der Waals surface area contributed by atoms with Crippen LogP contribution in [0.15, 0.2) is 60.9 Å². The van der Waals surface area contributed by atoms with Crippen LogP contribution in [0.4, 0.5) is 14.5 Å². The van der Waals surface area contributed by atoms with E-state index in [1.165, 1.54) is 19.4 Å². The van der Waals surface area contributed by atoms with Gasteiger partial charge in [-0.05, 0) is 48.7 Å². The predicted octanol–water partition coefficient (Wildman–Crippen LogP) is 8.13. The SMILES string of the molecule is COC(=O)Cc1ccc2c(c1)NC(=O)CCCC=C(c1ccc(-c3c(F)ccc(Cl)c3F)cn1)c1nc-2cn1COCC[Si](C)(C)C. The Bertz CT molecular complexity index is 1820. The number of benzene rings is 2. The topological polar surface area (TPSA) is 95.3 Å². The van der Waals surface area contributed by atoms with Gasteiger partial charge in [0.1, 0.15) is 18.4 Å². The van der Waals surface area contributed by atoms with Gasteiger partial charge in [0.15, 0.2) is 5.82 Å². The normalized spacial score (nSPS) is 13.6. The van der Waals surface area contributed by atoms with E-state index in [0.717, 1.165) is 12.1 Å². The van der Waals surface area contributed by atoms with Crippen molar-refractivity contribution in [2.75, 3.05) is 19.0 Å². The summed E-state index contributed by atoms with van der Waals surface area (Å²) in [6, 6.07) is 12.0.